The standard InChI is InChI=1S/C22H22F7N3O3/c1-13-12-17(30-20(23)19(13)31-18(33)6-8-21(24,25)26)32-9-7-16(34-11-10-32)14-2-4-15(5-3-14)35-22(27,28)29/h2-5,12,16H,6-11H2,1H3,(H,31,33)/t16-/m1/s1. The summed E-state index contributed by atoms with van der Waals surface area (Å²) < 4.78 is 98.1. The van der Waals surface area contributed by atoms with Gasteiger partial charge in [-0.2, -0.15) is 17.6 Å². The van der Waals surface area contributed by atoms with E-state index in [0.29, 0.717) is 25.1 Å². The second-order valence-electron chi connectivity index (χ2n) is 7.88. The number of nitrogens with one attached hydrogen (secondary N) is 1. The van der Waals surface area contributed by atoms with E-state index in [1.165, 1.54) is 37.3 Å². The lowest BCUT2D eigenvalue weighted by Gasteiger charge is -2.22. The molecule has 1 amide bonds. The van der Waals surface area contributed by atoms with Gasteiger partial charge in [-0.05, 0) is 42.7 Å². The minimum atomic E-state index is -4.79. The van der Waals surface area contributed by atoms with Crippen LogP contribution in [0.3, 0.4) is 0 Å². The maximum atomic E-state index is 14.6. The molecule has 1 saturated heterocycles. The molecule has 13 heteroatoms. The minimum Gasteiger partial charge on any atom is -0.406 e. The largest absolute Gasteiger partial charge is 0.573 e. The highest BCUT2D eigenvalue weighted by molar-refractivity contribution is 5.91. The van der Waals surface area contributed by atoms with Crippen molar-refractivity contribution in [2.24, 2.45) is 0 Å². The third kappa shape index (κ3) is 7.98. The van der Waals surface area contributed by atoms with Crippen molar-refractivity contribution in [1.82, 2.24) is 4.98 Å². The number of hydrogen-bond acceptors (Lipinski definition) is 5. The minimum absolute atomic E-state index is 0.226. The van der Waals surface area contributed by atoms with Crippen LogP contribution in [0.15, 0.2) is 30.3 Å². The predicted molar refractivity (Wildman–Crippen MR) is 111 cm³/mol. The van der Waals surface area contributed by atoms with E-state index in [1.54, 1.807) is 4.90 Å². The van der Waals surface area contributed by atoms with Gasteiger partial charge in [0, 0.05) is 19.5 Å². The molecule has 1 aliphatic rings. The van der Waals surface area contributed by atoms with Gasteiger partial charge in [0.05, 0.1) is 24.8 Å². The van der Waals surface area contributed by atoms with Gasteiger partial charge in [-0.3, -0.25) is 4.79 Å². The Balaban J connectivity index is 1.63. The summed E-state index contributed by atoms with van der Waals surface area (Å²) in [6.45, 7) is 2.45. The van der Waals surface area contributed by atoms with Gasteiger partial charge in [0.25, 0.3) is 0 Å². The Kier molecular flexibility index (Phi) is 8.08. The first-order valence-corrected chi connectivity index (χ1v) is 10.6. The van der Waals surface area contributed by atoms with Gasteiger partial charge in [0.1, 0.15) is 11.6 Å². The van der Waals surface area contributed by atoms with Gasteiger partial charge in [-0.15, -0.1) is 13.2 Å². The van der Waals surface area contributed by atoms with Crippen LogP contribution in [0.25, 0.3) is 0 Å². The number of alkyl halides is 6. The Morgan fingerprint density at radius 2 is 1.86 bits per heavy atom. The van der Waals surface area contributed by atoms with Gasteiger partial charge in [0.2, 0.25) is 11.9 Å². The summed E-state index contributed by atoms with van der Waals surface area (Å²) in [7, 11) is 0. The molecule has 0 aliphatic carbocycles. The van der Waals surface area contributed by atoms with Crippen LogP contribution in [-0.2, 0) is 9.53 Å². The van der Waals surface area contributed by atoms with Crippen LogP contribution in [0, 0.1) is 12.9 Å². The Labute approximate surface area is 196 Å². The molecule has 1 aliphatic heterocycles. The fourth-order valence-corrected chi connectivity index (χ4v) is 3.54. The normalized spacial score (nSPS) is 17.1. The van der Waals surface area contributed by atoms with E-state index in [1.807, 2.05) is 0 Å². The quantitative estimate of drug-likeness (QED) is 0.401. The summed E-state index contributed by atoms with van der Waals surface area (Å²) in [5.41, 5.74) is 0.648. The molecular weight excluding hydrogens is 487 g/mol. The zero-order chi connectivity index (χ0) is 25.8. The van der Waals surface area contributed by atoms with Crippen LogP contribution in [0.2, 0.25) is 0 Å². The topological polar surface area (TPSA) is 63.7 Å². The molecule has 1 N–H and O–H groups in total. The van der Waals surface area contributed by atoms with Crippen LogP contribution in [0.4, 0.5) is 42.2 Å². The summed E-state index contributed by atoms with van der Waals surface area (Å²) in [4.78, 5) is 17.4. The van der Waals surface area contributed by atoms with E-state index in [0.717, 1.165) is 0 Å². The molecule has 1 aromatic carbocycles. The van der Waals surface area contributed by atoms with E-state index in [9.17, 15) is 35.5 Å². The van der Waals surface area contributed by atoms with Crippen molar-refractivity contribution in [3.05, 3.63) is 47.4 Å². The Morgan fingerprint density at radius 1 is 1.17 bits per heavy atom. The fraction of sp³-hybridized carbons (Fsp3) is 0.455. The van der Waals surface area contributed by atoms with Gasteiger partial charge in [-0.1, -0.05) is 12.1 Å². The first kappa shape index (κ1) is 26.5. The van der Waals surface area contributed by atoms with Gasteiger partial charge >= 0.3 is 12.5 Å². The van der Waals surface area contributed by atoms with Crippen molar-refractivity contribution in [3.63, 3.8) is 0 Å². The third-order valence-electron chi connectivity index (χ3n) is 5.21. The third-order valence-corrected chi connectivity index (χ3v) is 5.21. The number of hydrogen-bond donors (Lipinski definition) is 1. The number of aromatic nitrogens is 1. The molecule has 1 fully saturated rings. The number of ether oxygens (including phenoxy) is 2. The maximum absolute atomic E-state index is 14.6. The molecule has 2 aromatic rings. The van der Waals surface area contributed by atoms with E-state index in [2.05, 4.69) is 15.0 Å². The lowest BCUT2D eigenvalue weighted by atomic mass is 10.1. The highest BCUT2D eigenvalue weighted by Crippen LogP contribution is 2.30. The molecule has 2 heterocycles. The van der Waals surface area contributed by atoms with Gasteiger partial charge < -0.3 is 19.7 Å². The molecule has 6 nitrogen and oxygen atoms in total. The van der Waals surface area contributed by atoms with Crippen molar-refractivity contribution in [1.29, 1.82) is 0 Å². The molecule has 1 aromatic heterocycles. The number of aryl methyl sites for hydroxylation is 1. The van der Waals surface area contributed by atoms with E-state index >= 15 is 0 Å². The molecule has 35 heavy (non-hydrogen) atoms. The van der Waals surface area contributed by atoms with Crippen molar-refractivity contribution in [2.45, 2.75) is 44.8 Å². The van der Waals surface area contributed by atoms with Gasteiger partial charge in [-0.25, -0.2) is 4.98 Å². The molecular formula is C22H22F7N3O3. The second kappa shape index (κ2) is 10.7. The average Bonchev–Trinajstić information content (AvgIpc) is 3.00. The monoisotopic (exact) mass is 509 g/mol. The lowest BCUT2D eigenvalue weighted by molar-refractivity contribution is -0.274. The van der Waals surface area contributed by atoms with Crippen LogP contribution in [0.1, 0.15) is 36.5 Å². The van der Waals surface area contributed by atoms with Crippen LogP contribution in [-0.4, -0.2) is 43.1 Å². The molecule has 0 unspecified atom stereocenters. The highest BCUT2D eigenvalue weighted by Gasteiger charge is 2.31. The maximum Gasteiger partial charge on any atom is 0.573 e. The zero-order valence-electron chi connectivity index (χ0n) is 18.5. The highest BCUT2D eigenvalue weighted by atomic mass is 19.4. The number of pyridine rings is 1. The van der Waals surface area contributed by atoms with Crippen molar-refractivity contribution in [3.8, 4) is 5.75 Å². The molecule has 0 radical (unpaired) electrons. The average molecular weight is 509 g/mol. The number of carbonyl (C=O) groups is 1. The first-order valence-electron chi connectivity index (χ1n) is 10.6. The molecule has 192 valence electrons. The molecule has 0 spiro atoms. The van der Waals surface area contributed by atoms with E-state index < -0.39 is 43.3 Å². The smallest absolute Gasteiger partial charge is 0.406 e. The van der Waals surface area contributed by atoms with E-state index in [4.69, 9.17) is 4.74 Å². The van der Waals surface area contributed by atoms with Gasteiger partial charge in [0.15, 0.2) is 0 Å². The van der Waals surface area contributed by atoms with Crippen molar-refractivity contribution in [2.75, 3.05) is 29.9 Å². The number of anilines is 2. The Hall–Kier alpha value is -3.09. The number of benzene rings is 1. The number of amides is 1. The fourth-order valence-electron chi connectivity index (χ4n) is 3.54. The molecule has 3 rings (SSSR count). The summed E-state index contributed by atoms with van der Waals surface area (Å²) >= 11 is 0. The first-order chi connectivity index (χ1) is 16.3. The summed E-state index contributed by atoms with van der Waals surface area (Å²) in [6.07, 6.45) is -11.4. The second-order valence-corrected chi connectivity index (χ2v) is 7.88. The number of rotatable bonds is 6. The number of carbonyl (C=O) groups excluding carboxylic acids is 1. The van der Waals surface area contributed by atoms with E-state index in [-0.39, 0.29) is 29.4 Å². The predicted octanol–water partition coefficient (Wildman–Crippen LogP) is 5.68. The molecule has 0 saturated carbocycles. The number of halogens is 7. The number of nitrogens with zero attached hydrogens (tertiary/aromatic N) is 2. The van der Waals surface area contributed by atoms with Crippen molar-refractivity contribution >= 4 is 17.4 Å². The molecule has 1 atom stereocenters. The lowest BCUT2D eigenvalue weighted by Crippen LogP contribution is -2.27. The zero-order valence-corrected chi connectivity index (χ0v) is 18.5. The summed E-state index contributed by atoms with van der Waals surface area (Å²) in [5.74, 6) is -2.09. The van der Waals surface area contributed by atoms with Crippen LogP contribution in [0.5, 0.6) is 5.75 Å². The Bertz CT molecular complexity index is 1000. The summed E-state index contributed by atoms with van der Waals surface area (Å²) in [5, 5.41) is 2.14. The van der Waals surface area contributed by atoms with Crippen LogP contribution < -0.4 is 15.0 Å². The van der Waals surface area contributed by atoms with Crippen molar-refractivity contribution < 1.29 is 45.0 Å². The SMILES string of the molecule is Cc1cc(N2CCO[C@@H](c3ccc(OC(F)(F)F)cc3)CC2)nc(F)c1NC(=O)CCC(F)(F)F. The Morgan fingerprint density at radius 3 is 2.46 bits per heavy atom. The summed E-state index contributed by atoms with van der Waals surface area (Å²) in [6, 6.07) is 6.83. The van der Waals surface area contributed by atoms with Crippen LogP contribution >= 0.6 is 0 Å². The molecule has 0 bridgehead atoms.